The maximum Gasteiger partial charge on any atom is 0.306 e. The molecule has 0 fully saturated rings. The van der Waals surface area contributed by atoms with Crippen LogP contribution in [0.5, 0.6) is 17.2 Å². The highest BCUT2D eigenvalue weighted by atomic mass is 35.5. The number of carbonyl (C=O) groups is 2. The van der Waals surface area contributed by atoms with E-state index in [9.17, 15) is 19.8 Å². The quantitative estimate of drug-likeness (QED) is 0.0333. The monoisotopic (exact) mass is 841 g/mol. The van der Waals surface area contributed by atoms with Crippen LogP contribution in [0.4, 0.5) is 5.69 Å². The van der Waals surface area contributed by atoms with Crippen LogP contribution >= 0.6 is 23.2 Å². The summed E-state index contributed by atoms with van der Waals surface area (Å²) in [5.41, 5.74) is 7.27. The van der Waals surface area contributed by atoms with Crippen LogP contribution in [0.3, 0.4) is 0 Å². The summed E-state index contributed by atoms with van der Waals surface area (Å²) in [5.74, 6) is -0.563. The Kier molecular flexibility index (Phi) is 16.5. The second-order valence-corrected chi connectivity index (χ2v) is 14.6. The summed E-state index contributed by atoms with van der Waals surface area (Å²) in [5, 5.41) is 41.5. The summed E-state index contributed by atoms with van der Waals surface area (Å²) in [6.07, 6.45) is 1.76. The van der Waals surface area contributed by atoms with E-state index in [1.54, 1.807) is 24.4 Å². The van der Waals surface area contributed by atoms with Gasteiger partial charge in [0, 0.05) is 42.7 Å². The molecular weight excluding hydrogens is 797 g/mol. The summed E-state index contributed by atoms with van der Waals surface area (Å²) in [6, 6.07) is 24.6. The molecule has 0 saturated heterocycles. The van der Waals surface area contributed by atoms with Crippen molar-refractivity contribution in [3.63, 3.8) is 0 Å². The SMILES string of the molecule is [C-]#[N+]c1cncc(COc2cc(OCc3cccc(-c4cccc(-c5ccc(OCCNC[C@@H](O)CC(=O)O)cc5)c4Cl)c3C)c(Cl)cc2CCC[C@@H](O)CC(=O)O)c1. The molecule has 0 unspecified atom stereocenters. The number of pyridine rings is 1. The largest absolute Gasteiger partial charge is 0.492 e. The number of aliphatic hydroxyl groups excluding tert-OH is 2. The maximum atomic E-state index is 11.0. The molecule has 308 valence electrons. The number of aromatic nitrogens is 1. The van der Waals surface area contributed by atoms with Gasteiger partial charge in [0.2, 0.25) is 5.69 Å². The van der Waals surface area contributed by atoms with Gasteiger partial charge in [-0.1, -0.05) is 71.7 Å². The molecule has 0 aliphatic heterocycles. The minimum atomic E-state index is -1.06. The summed E-state index contributed by atoms with van der Waals surface area (Å²) in [4.78, 5) is 29.3. The smallest absolute Gasteiger partial charge is 0.306 e. The molecule has 2 atom stereocenters. The van der Waals surface area contributed by atoms with Crippen LogP contribution in [0.2, 0.25) is 10.0 Å². The van der Waals surface area contributed by atoms with Crippen molar-refractivity contribution >= 4 is 40.8 Å². The van der Waals surface area contributed by atoms with Gasteiger partial charge in [0.05, 0.1) is 41.7 Å². The fourth-order valence-corrected chi connectivity index (χ4v) is 6.97. The topological polar surface area (TPSA) is 172 Å². The van der Waals surface area contributed by atoms with Crippen molar-refractivity contribution in [3.8, 4) is 39.5 Å². The highest BCUT2D eigenvalue weighted by Crippen LogP contribution is 2.40. The highest BCUT2D eigenvalue weighted by molar-refractivity contribution is 6.36. The number of ether oxygens (including phenoxy) is 3. The Bertz CT molecular complexity index is 2260. The zero-order valence-electron chi connectivity index (χ0n) is 32.4. The van der Waals surface area contributed by atoms with Gasteiger partial charge in [-0.15, -0.1) is 0 Å². The van der Waals surface area contributed by atoms with Crippen LogP contribution in [0, 0.1) is 13.5 Å². The summed E-state index contributed by atoms with van der Waals surface area (Å²) in [7, 11) is 0. The summed E-state index contributed by atoms with van der Waals surface area (Å²) >= 11 is 13.9. The number of nitrogens with one attached hydrogen (secondary N) is 1. The molecule has 5 N–H and O–H groups in total. The predicted octanol–water partition coefficient (Wildman–Crippen LogP) is 8.70. The maximum absolute atomic E-state index is 11.0. The van der Waals surface area contributed by atoms with Gasteiger partial charge in [0.15, 0.2) is 0 Å². The van der Waals surface area contributed by atoms with Crippen LogP contribution in [-0.2, 0) is 29.2 Å². The van der Waals surface area contributed by atoms with Crippen LogP contribution in [-0.4, -0.2) is 69.3 Å². The number of hydrogen-bond donors (Lipinski definition) is 5. The molecule has 0 spiro atoms. The lowest BCUT2D eigenvalue weighted by atomic mass is 9.94. The first-order valence-corrected chi connectivity index (χ1v) is 19.7. The number of benzene rings is 4. The van der Waals surface area contributed by atoms with Gasteiger partial charge >= 0.3 is 11.9 Å². The third-order valence-corrected chi connectivity index (χ3v) is 10.1. The third-order valence-electron chi connectivity index (χ3n) is 9.43. The number of aliphatic carboxylic acids is 2. The molecule has 0 aliphatic carbocycles. The second kappa shape index (κ2) is 21.9. The molecule has 5 aromatic rings. The van der Waals surface area contributed by atoms with Crippen molar-refractivity contribution in [3.05, 3.63) is 135 Å². The Hall–Kier alpha value is -5.68. The van der Waals surface area contributed by atoms with Crippen LogP contribution in [0.15, 0.2) is 91.3 Å². The third kappa shape index (κ3) is 13.2. The molecule has 1 aromatic heterocycles. The van der Waals surface area contributed by atoms with E-state index < -0.39 is 24.1 Å². The fourth-order valence-electron chi connectivity index (χ4n) is 6.39. The molecule has 4 aromatic carbocycles. The molecule has 1 heterocycles. The Balaban J connectivity index is 1.28. The van der Waals surface area contributed by atoms with Gasteiger partial charge in [-0.3, -0.25) is 14.6 Å². The number of hydrogen-bond acceptors (Lipinski definition) is 9. The first-order valence-electron chi connectivity index (χ1n) is 18.9. The van der Waals surface area contributed by atoms with E-state index in [2.05, 4.69) is 15.1 Å². The number of rotatable bonds is 22. The fraction of sp³-hybridized carbons (Fsp3) is 0.289. The standard InChI is InChI=1S/C45H45Cl2N3O9/c1-28-32(27-59-42-22-41(58-26-29-18-33(48-2)24-50-23-29)31(19-40(42)46)6-3-8-34(51)20-43(53)54)7-4-9-37(28)39-11-5-10-38(45(39)47)30-12-14-36(15-13-30)57-17-16-49-25-35(52)21-44(55)56/h4-5,7,9-15,18-19,22-24,34-35,49,51-52H,3,6,8,16-17,20-21,25-27H2,1H3,(H,53,54)(H,55,56)/t34-,35+/m1/s1. The number of carboxylic acids is 2. The van der Waals surface area contributed by atoms with Crippen molar-refractivity contribution in [1.82, 2.24) is 10.3 Å². The van der Waals surface area contributed by atoms with E-state index in [1.165, 1.54) is 6.20 Å². The molecule has 0 radical (unpaired) electrons. The van der Waals surface area contributed by atoms with Gasteiger partial charge in [0.1, 0.15) is 37.1 Å². The lowest BCUT2D eigenvalue weighted by Crippen LogP contribution is -2.31. The van der Waals surface area contributed by atoms with E-state index >= 15 is 0 Å². The lowest BCUT2D eigenvalue weighted by Gasteiger charge is -2.18. The average molecular weight is 843 g/mol. The molecule has 12 nitrogen and oxygen atoms in total. The van der Waals surface area contributed by atoms with E-state index in [0.29, 0.717) is 64.5 Å². The molecule has 14 heteroatoms. The van der Waals surface area contributed by atoms with Gasteiger partial charge in [0.25, 0.3) is 0 Å². The zero-order chi connectivity index (χ0) is 42.3. The lowest BCUT2D eigenvalue weighted by molar-refractivity contribution is -0.140. The highest BCUT2D eigenvalue weighted by Gasteiger charge is 2.17. The van der Waals surface area contributed by atoms with Gasteiger partial charge < -0.3 is 40.0 Å². The molecule has 0 aliphatic rings. The second-order valence-electron chi connectivity index (χ2n) is 13.9. The summed E-state index contributed by atoms with van der Waals surface area (Å²) in [6.45, 7) is 10.6. The minimum Gasteiger partial charge on any atom is -0.492 e. The first-order chi connectivity index (χ1) is 28.4. The Morgan fingerprint density at radius 2 is 1.51 bits per heavy atom. The number of nitrogens with zero attached hydrogens (tertiary/aromatic N) is 2. The van der Waals surface area contributed by atoms with E-state index in [1.807, 2.05) is 67.6 Å². The van der Waals surface area contributed by atoms with Crippen LogP contribution in [0.1, 0.15) is 47.9 Å². The van der Waals surface area contributed by atoms with Gasteiger partial charge in [-0.2, -0.15) is 0 Å². The van der Waals surface area contributed by atoms with Gasteiger partial charge in [-0.05, 0) is 83.8 Å². The van der Waals surface area contributed by atoms with Crippen molar-refractivity contribution < 1.29 is 44.2 Å². The predicted molar refractivity (Wildman–Crippen MR) is 225 cm³/mol. The van der Waals surface area contributed by atoms with E-state index in [-0.39, 0.29) is 39.0 Å². The Morgan fingerprint density at radius 3 is 2.25 bits per heavy atom. The molecule has 5 rings (SSSR count). The molecular formula is C45H45Cl2N3O9. The molecule has 0 saturated carbocycles. The normalized spacial score (nSPS) is 12.0. The average Bonchev–Trinajstić information content (AvgIpc) is 3.20. The zero-order valence-corrected chi connectivity index (χ0v) is 33.9. The molecule has 59 heavy (non-hydrogen) atoms. The summed E-state index contributed by atoms with van der Waals surface area (Å²) < 4.78 is 18.3. The molecule has 0 amide bonds. The number of carboxylic acid groups (broad SMARTS) is 2. The van der Waals surface area contributed by atoms with Crippen LogP contribution < -0.4 is 19.5 Å². The van der Waals surface area contributed by atoms with Crippen molar-refractivity contribution in [1.29, 1.82) is 0 Å². The number of aliphatic hydroxyl groups is 2. The van der Waals surface area contributed by atoms with Crippen molar-refractivity contribution in [2.45, 2.75) is 64.4 Å². The van der Waals surface area contributed by atoms with E-state index in [4.69, 9.17) is 54.2 Å². The van der Waals surface area contributed by atoms with Crippen LogP contribution in [0.25, 0.3) is 27.1 Å². The number of aryl methyl sites for hydroxylation is 1. The van der Waals surface area contributed by atoms with E-state index in [0.717, 1.165) is 38.9 Å². The Morgan fingerprint density at radius 1 is 0.814 bits per heavy atom. The number of halogens is 2. The first kappa shape index (κ1) is 44.4. The Labute approximate surface area is 352 Å². The molecule has 0 bridgehead atoms. The van der Waals surface area contributed by atoms with Gasteiger partial charge in [-0.25, -0.2) is 4.85 Å². The minimum absolute atomic E-state index is 0.133. The van der Waals surface area contributed by atoms with Crippen molar-refractivity contribution in [2.24, 2.45) is 0 Å². The van der Waals surface area contributed by atoms with Crippen molar-refractivity contribution in [2.75, 3.05) is 19.7 Å².